The highest BCUT2D eigenvalue weighted by Crippen LogP contribution is 2.20. The van der Waals surface area contributed by atoms with Crippen molar-refractivity contribution < 1.29 is 8.42 Å². The quantitative estimate of drug-likeness (QED) is 0.942. The first kappa shape index (κ1) is 14.2. The zero-order valence-electron chi connectivity index (χ0n) is 11.2. The molecule has 19 heavy (non-hydrogen) atoms. The fraction of sp³-hybridized carbons (Fsp3) is 0.286. The largest absolute Gasteiger partial charge is 0.241 e. The minimum atomic E-state index is -3.45. The monoisotopic (exact) mass is 295 g/mol. The van der Waals surface area contributed by atoms with Crippen LogP contribution in [-0.4, -0.2) is 8.42 Å². The van der Waals surface area contributed by atoms with E-state index in [-0.39, 0.29) is 0 Å². The van der Waals surface area contributed by atoms with Crippen LogP contribution in [0.5, 0.6) is 0 Å². The summed E-state index contributed by atoms with van der Waals surface area (Å²) >= 11 is 1.56. The molecule has 0 bridgehead atoms. The molecule has 0 atom stereocenters. The number of rotatable bonds is 4. The normalized spacial score (nSPS) is 11.7. The van der Waals surface area contributed by atoms with Crippen LogP contribution in [0.2, 0.25) is 0 Å². The van der Waals surface area contributed by atoms with Crippen LogP contribution in [0.15, 0.2) is 33.9 Å². The summed E-state index contributed by atoms with van der Waals surface area (Å²) in [5, 5.41) is 3.88. The molecule has 0 aliphatic heterocycles. The third-order valence-electron chi connectivity index (χ3n) is 3.13. The molecule has 0 aliphatic carbocycles. The molecule has 0 radical (unpaired) electrons. The summed E-state index contributed by atoms with van der Waals surface area (Å²) in [6.07, 6.45) is 0. The number of aryl methyl sites for hydroxylation is 3. The van der Waals surface area contributed by atoms with Crippen molar-refractivity contribution in [2.75, 3.05) is 0 Å². The Morgan fingerprint density at radius 1 is 1.11 bits per heavy atom. The van der Waals surface area contributed by atoms with Gasteiger partial charge >= 0.3 is 0 Å². The van der Waals surface area contributed by atoms with Gasteiger partial charge in [-0.3, -0.25) is 0 Å². The van der Waals surface area contributed by atoms with E-state index >= 15 is 0 Å². The molecule has 1 heterocycles. The number of hydrogen-bond donors (Lipinski definition) is 1. The van der Waals surface area contributed by atoms with Gasteiger partial charge in [-0.2, -0.15) is 11.3 Å². The molecule has 0 saturated carbocycles. The van der Waals surface area contributed by atoms with E-state index in [1.54, 1.807) is 17.4 Å². The van der Waals surface area contributed by atoms with Crippen LogP contribution in [0.25, 0.3) is 0 Å². The molecule has 0 fully saturated rings. The molecule has 0 unspecified atom stereocenters. The predicted molar refractivity (Wildman–Crippen MR) is 79.0 cm³/mol. The van der Waals surface area contributed by atoms with Crippen LogP contribution in [0, 0.1) is 20.8 Å². The first-order chi connectivity index (χ1) is 8.90. The SMILES string of the molecule is Cc1cc(C)c(S(=O)(=O)NCc2ccsc2)cc1C. The lowest BCUT2D eigenvalue weighted by Gasteiger charge is -2.11. The van der Waals surface area contributed by atoms with Gasteiger partial charge in [-0.25, -0.2) is 13.1 Å². The highest BCUT2D eigenvalue weighted by Gasteiger charge is 2.17. The first-order valence-corrected chi connectivity index (χ1v) is 8.41. The summed E-state index contributed by atoms with van der Waals surface area (Å²) in [4.78, 5) is 0.367. The van der Waals surface area contributed by atoms with Gasteiger partial charge in [-0.1, -0.05) is 6.07 Å². The Morgan fingerprint density at radius 3 is 2.42 bits per heavy atom. The molecule has 1 aromatic carbocycles. The second-order valence-corrected chi connectivity index (χ2v) is 7.17. The Bertz CT molecular complexity index is 674. The second-order valence-electron chi connectivity index (χ2n) is 4.66. The summed E-state index contributed by atoms with van der Waals surface area (Å²) in [6.45, 7) is 6.06. The molecule has 5 heteroatoms. The van der Waals surface area contributed by atoms with Crippen molar-refractivity contribution in [2.45, 2.75) is 32.2 Å². The van der Waals surface area contributed by atoms with E-state index in [4.69, 9.17) is 0 Å². The van der Waals surface area contributed by atoms with Crippen molar-refractivity contribution in [1.82, 2.24) is 4.72 Å². The predicted octanol–water partition coefficient (Wildman–Crippen LogP) is 3.15. The van der Waals surface area contributed by atoms with Gasteiger partial charge in [0, 0.05) is 6.54 Å². The molecule has 0 spiro atoms. The summed E-state index contributed by atoms with van der Waals surface area (Å²) < 4.78 is 27.3. The van der Waals surface area contributed by atoms with E-state index in [0.29, 0.717) is 11.4 Å². The van der Waals surface area contributed by atoms with E-state index < -0.39 is 10.0 Å². The Morgan fingerprint density at radius 2 is 1.79 bits per heavy atom. The lowest BCUT2D eigenvalue weighted by atomic mass is 10.1. The molecule has 1 N–H and O–H groups in total. The second kappa shape index (κ2) is 5.45. The van der Waals surface area contributed by atoms with Crippen molar-refractivity contribution in [1.29, 1.82) is 0 Å². The van der Waals surface area contributed by atoms with Crippen LogP contribution in [0.4, 0.5) is 0 Å². The molecular formula is C14H17NO2S2. The third-order valence-corrected chi connectivity index (χ3v) is 5.40. The van der Waals surface area contributed by atoms with Crippen molar-refractivity contribution in [2.24, 2.45) is 0 Å². The van der Waals surface area contributed by atoms with Crippen LogP contribution in [0.1, 0.15) is 22.3 Å². The van der Waals surface area contributed by atoms with Crippen molar-refractivity contribution in [3.05, 3.63) is 51.2 Å². The Labute approximate surface area is 118 Å². The molecular weight excluding hydrogens is 278 g/mol. The minimum absolute atomic E-state index is 0.332. The standard InChI is InChI=1S/C14H17NO2S2/c1-10-6-12(3)14(7-11(10)2)19(16,17)15-8-13-4-5-18-9-13/h4-7,9,15H,8H2,1-3H3. The van der Waals surface area contributed by atoms with Gasteiger partial charge < -0.3 is 0 Å². The zero-order chi connectivity index (χ0) is 14.0. The van der Waals surface area contributed by atoms with E-state index in [1.807, 2.05) is 43.7 Å². The molecule has 0 saturated heterocycles. The summed E-state index contributed by atoms with van der Waals surface area (Å²) in [5.74, 6) is 0. The highest BCUT2D eigenvalue weighted by atomic mass is 32.2. The van der Waals surface area contributed by atoms with Crippen molar-refractivity contribution >= 4 is 21.4 Å². The maximum atomic E-state index is 12.3. The van der Waals surface area contributed by atoms with E-state index in [1.165, 1.54) is 0 Å². The third kappa shape index (κ3) is 3.23. The van der Waals surface area contributed by atoms with Crippen LogP contribution in [-0.2, 0) is 16.6 Å². The lowest BCUT2D eigenvalue weighted by Crippen LogP contribution is -2.24. The van der Waals surface area contributed by atoms with Gasteiger partial charge in [0.05, 0.1) is 4.90 Å². The Balaban J connectivity index is 2.27. The number of thiophene rings is 1. The van der Waals surface area contributed by atoms with Crippen LogP contribution in [0.3, 0.4) is 0 Å². The smallest absolute Gasteiger partial charge is 0.207 e. The molecule has 102 valence electrons. The minimum Gasteiger partial charge on any atom is -0.207 e. The summed E-state index contributed by atoms with van der Waals surface area (Å²) in [7, 11) is -3.45. The average molecular weight is 295 g/mol. The topological polar surface area (TPSA) is 46.2 Å². The van der Waals surface area contributed by atoms with Crippen LogP contribution >= 0.6 is 11.3 Å². The zero-order valence-corrected chi connectivity index (χ0v) is 12.9. The lowest BCUT2D eigenvalue weighted by molar-refractivity contribution is 0.580. The molecule has 0 amide bonds. The number of hydrogen-bond acceptors (Lipinski definition) is 3. The number of sulfonamides is 1. The van der Waals surface area contributed by atoms with Gasteiger partial charge in [0.15, 0.2) is 0 Å². The van der Waals surface area contributed by atoms with Crippen molar-refractivity contribution in [3.63, 3.8) is 0 Å². The maximum Gasteiger partial charge on any atom is 0.241 e. The number of benzene rings is 1. The molecule has 3 nitrogen and oxygen atoms in total. The summed E-state index contributed by atoms with van der Waals surface area (Å²) in [6, 6.07) is 5.57. The average Bonchev–Trinajstić information content (AvgIpc) is 2.84. The fourth-order valence-corrected chi connectivity index (χ4v) is 3.87. The number of nitrogens with one attached hydrogen (secondary N) is 1. The Kier molecular flexibility index (Phi) is 4.08. The van der Waals surface area contributed by atoms with Gasteiger partial charge in [-0.05, 0) is 65.9 Å². The van der Waals surface area contributed by atoms with Gasteiger partial charge in [0.2, 0.25) is 10.0 Å². The Hall–Kier alpha value is -1.17. The molecule has 2 rings (SSSR count). The summed E-state index contributed by atoms with van der Waals surface area (Å²) in [5.41, 5.74) is 3.85. The maximum absolute atomic E-state index is 12.3. The van der Waals surface area contributed by atoms with E-state index in [0.717, 1.165) is 22.3 Å². The van der Waals surface area contributed by atoms with Crippen LogP contribution < -0.4 is 4.72 Å². The van der Waals surface area contributed by atoms with Crippen molar-refractivity contribution in [3.8, 4) is 0 Å². The molecule has 1 aromatic heterocycles. The fourth-order valence-electron chi connectivity index (χ4n) is 1.87. The van der Waals surface area contributed by atoms with Gasteiger partial charge in [0.25, 0.3) is 0 Å². The molecule has 2 aromatic rings. The highest BCUT2D eigenvalue weighted by molar-refractivity contribution is 7.89. The van der Waals surface area contributed by atoms with Gasteiger partial charge in [0.1, 0.15) is 0 Å². The van der Waals surface area contributed by atoms with E-state index in [2.05, 4.69) is 4.72 Å². The first-order valence-electron chi connectivity index (χ1n) is 5.99. The van der Waals surface area contributed by atoms with Gasteiger partial charge in [-0.15, -0.1) is 0 Å². The molecule has 0 aliphatic rings. The van der Waals surface area contributed by atoms with E-state index in [9.17, 15) is 8.42 Å².